The van der Waals surface area contributed by atoms with Crippen molar-refractivity contribution in [3.8, 4) is 5.75 Å². The maximum absolute atomic E-state index is 13.0. The minimum Gasteiger partial charge on any atom is -0.490 e. The highest BCUT2D eigenvalue weighted by Gasteiger charge is 2.28. The van der Waals surface area contributed by atoms with Crippen molar-refractivity contribution in [2.75, 3.05) is 19.0 Å². The molecular weight excluding hydrogens is 432 g/mol. The van der Waals surface area contributed by atoms with Gasteiger partial charge in [0.2, 0.25) is 0 Å². The van der Waals surface area contributed by atoms with Crippen LogP contribution in [-0.2, 0) is 17.6 Å². The van der Waals surface area contributed by atoms with Crippen LogP contribution >= 0.6 is 11.3 Å². The second kappa shape index (κ2) is 9.44. The zero-order valence-electron chi connectivity index (χ0n) is 17.9. The Labute approximate surface area is 188 Å². The number of fused-ring (bicyclic) bond motifs is 2. The number of ether oxygens (including phenoxy) is 2. The van der Waals surface area contributed by atoms with Crippen molar-refractivity contribution >= 4 is 45.2 Å². The Kier molecular flexibility index (Phi) is 6.45. The lowest BCUT2D eigenvalue weighted by molar-refractivity contribution is 0.0937. The van der Waals surface area contributed by atoms with E-state index in [0.29, 0.717) is 34.9 Å². The molecule has 1 aliphatic rings. The molecule has 2 N–H and O–H groups in total. The van der Waals surface area contributed by atoms with Crippen molar-refractivity contribution in [2.24, 2.45) is 0 Å². The van der Waals surface area contributed by atoms with Crippen molar-refractivity contribution in [3.63, 3.8) is 0 Å². The number of anilines is 1. The Balaban J connectivity index is 1.67. The molecule has 0 saturated carbocycles. The van der Waals surface area contributed by atoms with E-state index in [1.165, 1.54) is 18.4 Å². The van der Waals surface area contributed by atoms with Gasteiger partial charge in [0.05, 0.1) is 19.3 Å². The molecule has 1 aliphatic carbocycles. The third-order valence-corrected chi connectivity index (χ3v) is 6.52. The number of rotatable bonds is 5. The number of imide groups is 1. The summed E-state index contributed by atoms with van der Waals surface area (Å²) in [5, 5.41) is 6.17. The first-order valence-electron chi connectivity index (χ1n) is 10.5. The summed E-state index contributed by atoms with van der Waals surface area (Å²) in [5.74, 6) is -0.401. The summed E-state index contributed by atoms with van der Waals surface area (Å²) in [6, 6.07) is 7.08. The van der Waals surface area contributed by atoms with E-state index in [1.807, 2.05) is 19.1 Å². The Morgan fingerprint density at radius 3 is 2.72 bits per heavy atom. The molecule has 8 nitrogen and oxygen atoms in total. The summed E-state index contributed by atoms with van der Waals surface area (Å²) >= 11 is 1.37. The summed E-state index contributed by atoms with van der Waals surface area (Å²) in [4.78, 5) is 38.6. The van der Waals surface area contributed by atoms with Crippen LogP contribution in [0.25, 0.3) is 11.0 Å². The topological polar surface area (TPSA) is 107 Å². The van der Waals surface area contributed by atoms with Crippen LogP contribution in [-0.4, -0.2) is 31.6 Å². The summed E-state index contributed by atoms with van der Waals surface area (Å²) in [6.07, 6.45) is 3.73. The molecule has 0 saturated heterocycles. The van der Waals surface area contributed by atoms with Gasteiger partial charge in [-0.15, -0.1) is 11.3 Å². The maximum Gasteiger partial charge on any atom is 0.413 e. The van der Waals surface area contributed by atoms with Gasteiger partial charge in [0.1, 0.15) is 5.00 Å². The first-order chi connectivity index (χ1) is 15.5. The number of methoxy groups -OCH3 is 1. The number of hydrogen-bond donors (Lipinski definition) is 2. The van der Waals surface area contributed by atoms with Crippen molar-refractivity contribution in [1.29, 1.82) is 0 Å². The van der Waals surface area contributed by atoms with Gasteiger partial charge in [-0.3, -0.25) is 14.9 Å². The fraction of sp³-hybridized carbons (Fsp3) is 0.348. The number of alkyl carbamates (subject to hydrolysis) is 1. The van der Waals surface area contributed by atoms with E-state index >= 15 is 0 Å². The monoisotopic (exact) mass is 456 g/mol. The molecule has 9 heteroatoms. The smallest absolute Gasteiger partial charge is 0.413 e. The normalized spacial score (nSPS) is 13.2. The molecule has 0 unspecified atom stereocenters. The Morgan fingerprint density at radius 2 is 1.94 bits per heavy atom. The van der Waals surface area contributed by atoms with Crippen LogP contribution in [0, 0.1) is 0 Å². The SMILES string of the molecule is CCOc1cccc2cc(C(=O)Nc3sc4c(c3C(=O)NC(=O)OC)CCCCC4)oc12. The molecule has 2 heterocycles. The van der Waals surface area contributed by atoms with Gasteiger partial charge in [0.15, 0.2) is 17.1 Å². The Hall–Kier alpha value is -3.33. The van der Waals surface area contributed by atoms with Gasteiger partial charge < -0.3 is 19.2 Å². The lowest BCUT2D eigenvalue weighted by Crippen LogP contribution is -2.31. The zero-order chi connectivity index (χ0) is 22.7. The molecule has 3 amide bonds. The Morgan fingerprint density at radius 1 is 1.12 bits per heavy atom. The molecule has 0 aliphatic heterocycles. The fourth-order valence-electron chi connectivity index (χ4n) is 3.86. The van der Waals surface area contributed by atoms with Gasteiger partial charge in [-0.2, -0.15) is 0 Å². The van der Waals surface area contributed by atoms with Crippen LogP contribution in [0.3, 0.4) is 0 Å². The number of thiophene rings is 1. The number of carbonyl (C=O) groups excluding carboxylic acids is 3. The summed E-state index contributed by atoms with van der Waals surface area (Å²) in [5.41, 5.74) is 1.69. The number of para-hydroxylation sites is 1. The largest absolute Gasteiger partial charge is 0.490 e. The minimum absolute atomic E-state index is 0.107. The van der Waals surface area contributed by atoms with E-state index in [1.54, 1.807) is 12.1 Å². The van der Waals surface area contributed by atoms with Gasteiger partial charge in [-0.1, -0.05) is 18.6 Å². The molecule has 2 aromatic heterocycles. The Bertz CT molecular complexity index is 1180. The van der Waals surface area contributed by atoms with Gasteiger partial charge in [-0.05, 0) is 50.3 Å². The molecule has 0 radical (unpaired) electrons. The van der Waals surface area contributed by atoms with Crippen LogP contribution in [0.1, 0.15) is 57.5 Å². The molecule has 32 heavy (non-hydrogen) atoms. The van der Waals surface area contributed by atoms with Crippen molar-refractivity contribution < 1.29 is 28.3 Å². The van der Waals surface area contributed by atoms with Gasteiger partial charge >= 0.3 is 6.09 Å². The third-order valence-electron chi connectivity index (χ3n) is 5.31. The highest BCUT2D eigenvalue weighted by molar-refractivity contribution is 7.17. The molecular formula is C23H24N2O6S. The summed E-state index contributed by atoms with van der Waals surface area (Å²) in [6.45, 7) is 2.35. The van der Waals surface area contributed by atoms with Gasteiger partial charge in [0.25, 0.3) is 11.8 Å². The minimum atomic E-state index is -0.846. The van der Waals surface area contributed by atoms with Gasteiger partial charge in [0, 0.05) is 10.3 Å². The second-order valence-corrected chi connectivity index (χ2v) is 8.49. The zero-order valence-corrected chi connectivity index (χ0v) is 18.7. The van der Waals surface area contributed by atoms with Crippen LogP contribution in [0.2, 0.25) is 0 Å². The quantitative estimate of drug-likeness (QED) is 0.528. The van der Waals surface area contributed by atoms with Crippen LogP contribution in [0.15, 0.2) is 28.7 Å². The first-order valence-corrected chi connectivity index (χ1v) is 11.3. The van der Waals surface area contributed by atoms with Crippen molar-refractivity contribution in [1.82, 2.24) is 5.32 Å². The standard InChI is InChI=1S/C23H24N2O6S/c1-3-30-15-10-7-8-13-12-16(31-19(13)15)20(26)24-22-18(21(27)25-23(28)29-2)14-9-5-4-6-11-17(14)32-22/h7-8,10,12H,3-6,9,11H2,1-2H3,(H,24,26)(H,25,27,28). The second-order valence-electron chi connectivity index (χ2n) is 7.39. The van der Waals surface area contributed by atoms with E-state index in [2.05, 4.69) is 15.4 Å². The number of aryl methyl sites for hydroxylation is 1. The number of carbonyl (C=O) groups is 3. The van der Waals surface area contributed by atoms with E-state index < -0.39 is 17.9 Å². The summed E-state index contributed by atoms with van der Waals surface area (Å²) in [7, 11) is 1.19. The van der Waals surface area contributed by atoms with Crippen molar-refractivity contribution in [2.45, 2.75) is 39.0 Å². The predicted molar refractivity (Wildman–Crippen MR) is 121 cm³/mol. The highest BCUT2D eigenvalue weighted by Crippen LogP contribution is 2.38. The van der Waals surface area contributed by atoms with Crippen LogP contribution in [0.4, 0.5) is 9.80 Å². The highest BCUT2D eigenvalue weighted by atomic mass is 32.1. The van der Waals surface area contributed by atoms with E-state index in [9.17, 15) is 14.4 Å². The lowest BCUT2D eigenvalue weighted by Gasteiger charge is -2.08. The van der Waals surface area contributed by atoms with E-state index in [-0.39, 0.29) is 5.76 Å². The maximum atomic E-state index is 13.0. The molecule has 0 spiro atoms. The molecule has 3 aromatic rings. The van der Waals surface area contributed by atoms with Gasteiger partial charge in [-0.25, -0.2) is 4.79 Å². The van der Waals surface area contributed by atoms with E-state index in [0.717, 1.165) is 41.5 Å². The fourth-order valence-corrected chi connectivity index (χ4v) is 5.14. The molecule has 168 valence electrons. The average molecular weight is 457 g/mol. The molecule has 0 atom stereocenters. The lowest BCUT2D eigenvalue weighted by atomic mass is 10.0. The molecule has 0 bridgehead atoms. The van der Waals surface area contributed by atoms with Crippen LogP contribution in [0.5, 0.6) is 5.75 Å². The number of nitrogens with one attached hydrogen (secondary N) is 2. The number of furan rings is 1. The molecule has 4 rings (SSSR count). The average Bonchev–Trinajstić information content (AvgIpc) is 3.29. The summed E-state index contributed by atoms with van der Waals surface area (Å²) < 4.78 is 15.9. The predicted octanol–water partition coefficient (Wildman–Crippen LogP) is 4.91. The van der Waals surface area contributed by atoms with Crippen molar-refractivity contribution in [3.05, 3.63) is 46.0 Å². The van der Waals surface area contributed by atoms with E-state index in [4.69, 9.17) is 9.15 Å². The molecule has 1 aromatic carbocycles. The number of benzene rings is 1. The number of hydrogen-bond acceptors (Lipinski definition) is 7. The molecule has 0 fully saturated rings. The van der Waals surface area contributed by atoms with Crippen LogP contribution < -0.4 is 15.4 Å². The number of amides is 3. The third kappa shape index (κ3) is 4.34. The first kappa shape index (κ1) is 21.9.